The lowest BCUT2D eigenvalue weighted by Gasteiger charge is -2.25. The number of benzene rings is 2. The third-order valence-corrected chi connectivity index (χ3v) is 4.86. The first-order valence-corrected chi connectivity index (χ1v) is 9.29. The van der Waals surface area contributed by atoms with E-state index < -0.39 is 0 Å². The van der Waals surface area contributed by atoms with Crippen molar-refractivity contribution in [2.24, 2.45) is 5.92 Å². The van der Waals surface area contributed by atoms with Gasteiger partial charge in [-0.2, -0.15) is 0 Å². The summed E-state index contributed by atoms with van der Waals surface area (Å²) >= 11 is 5.98. The van der Waals surface area contributed by atoms with Crippen LogP contribution < -0.4 is 14.8 Å². The largest absolute Gasteiger partial charge is 0.486 e. The Kier molecular flexibility index (Phi) is 5.72. The summed E-state index contributed by atoms with van der Waals surface area (Å²) in [5.41, 5.74) is 1.96. The van der Waals surface area contributed by atoms with Crippen molar-refractivity contribution in [1.29, 1.82) is 0 Å². The van der Waals surface area contributed by atoms with Gasteiger partial charge < -0.3 is 14.8 Å². The molecule has 26 heavy (non-hydrogen) atoms. The second-order valence-electron chi connectivity index (χ2n) is 6.91. The van der Waals surface area contributed by atoms with Gasteiger partial charge >= 0.3 is 0 Å². The summed E-state index contributed by atoms with van der Waals surface area (Å²) in [6.07, 6.45) is 0. The van der Waals surface area contributed by atoms with Crippen LogP contribution in [0.3, 0.4) is 0 Å². The molecule has 0 radical (unpaired) electrons. The molecule has 1 heterocycles. The predicted molar refractivity (Wildman–Crippen MR) is 103 cm³/mol. The molecule has 1 aliphatic heterocycles. The van der Waals surface area contributed by atoms with Gasteiger partial charge in [0.15, 0.2) is 11.5 Å². The molecule has 0 bridgehead atoms. The van der Waals surface area contributed by atoms with Gasteiger partial charge in [-0.05, 0) is 48.2 Å². The van der Waals surface area contributed by atoms with E-state index in [2.05, 4.69) is 5.32 Å². The molecule has 3 rings (SSSR count). The van der Waals surface area contributed by atoms with Crippen LogP contribution in [0, 0.1) is 5.92 Å². The Bertz CT molecular complexity index is 773. The Morgan fingerprint density at radius 1 is 0.962 bits per heavy atom. The van der Waals surface area contributed by atoms with E-state index in [4.69, 9.17) is 21.1 Å². The second kappa shape index (κ2) is 8.00. The zero-order valence-corrected chi connectivity index (χ0v) is 16.0. The number of rotatable bonds is 5. The van der Waals surface area contributed by atoms with Crippen molar-refractivity contribution in [3.05, 3.63) is 58.6 Å². The smallest absolute Gasteiger partial charge is 0.228 e. The molecule has 0 saturated carbocycles. The first kappa shape index (κ1) is 18.6. The molecule has 1 amide bonds. The lowest BCUT2D eigenvalue weighted by molar-refractivity contribution is -0.124. The minimum Gasteiger partial charge on any atom is -0.486 e. The average Bonchev–Trinajstić information content (AvgIpc) is 2.62. The summed E-state index contributed by atoms with van der Waals surface area (Å²) in [5, 5.41) is 3.80. The fraction of sp³-hybridized carbons (Fsp3) is 0.381. The van der Waals surface area contributed by atoms with Crippen LogP contribution in [0.2, 0.25) is 5.02 Å². The molecule has 0 saturated heterocycles. The van der Waals surface area contributed by atoms with Gasteiger partial charge in [-0.15, -0.1) is 0 Å². The molecule has 0 spiro atoms. The number of carbonyl (C=O) groups is 1. The standard InChI is InChI=1S/C21H24ClNO3/c1-13(2)20(15-4-7-17(22)8-5-15)21(24)23-14(3)16-6-9-18-19(12-16)26-11-10-25-18/h4-9,12-14,20H,10-11H2,1-3H3,(H,23,24)/t14-,20-/m1/s1. The van der Waals surface area contributed by atoms with Gasteiger partial charge in [0.25, 0.3) is 0 Å². The maximum absolute atomic E-state index is 12.9. The van der Waals surface area contributed by atoms with E-state index >= 15 is 0 Å². The first-order valence-electron chi connectivity index (χ1n) is 8.91. The number of nitrogens with one attached hydrogen (secondary N) is 1. The normalized spacial score (nSPS) is 15.4. The third-order valence-electron chi connectivity index (χ3n) is 4.60. The minimum atomic E-state index is -0.230. The van der Waals surface area contributed by atoms with Crippen molar-refractivity contribution >= 4 is 17.5 Å². The topological polar surface area (TPSA) is 47.6 Å². The van der Waals surface area contributed by atoms with E-state index in [1.807, 2.05) is 63.2 Å². The third kappa shape index (κ3) is 4.13. The lowest BCUT2D eigenvalue weighted by atomic mass is 9.87. The van der Waals surface area contributed by atoms with E-state index in [-0.39, 0.29) is 23.8 Å². The molecule has 0 fully saturated rings. The Morgan fingerprint density at radius 2 is 1.58 bits per heavy atom. The summed E-state index contributed by atoms with van der Waals surface area (Å²) in [6, 6.07) is 13.1. The lowest BCUT2D eigenvalue weighted by Crippen LogP contribution is -2.34. The molecule has 1 N–H and O–H groups in total. The molecule has 0 aliphatic carbocycles. The van der Waals surface area contributed by atoms with Crippen LogP contribution in [-0.2, 0) is 4.79 Å². The number of amides is 1. The number of hydrogen-bond acceptors (Lipinski definition) is 3. The number of halogens is 1. The summed E-state index contributed by atoms with van der Waals surface area (Å²) < 4.78 is 11.2. The molecule has 0 aromatic heterocycles. The van der Waals surface area contributed by atoms with Crippen molar-refractivity contribution in [2.45, 2.75) is 32.7 Å². The highest BCUT2D eigenvalue weighted by Crippen LogP contribution is 2.33. The van der Waals surface area contributed by atoms with Crippen LogP contribution in [0.5, 0.6) is 11.5 Å². The molecule has 4 nitrogen and oxygen atoms in total. The van der Waals surface area contributed by atoms with Gasteiger partial charge in [-0.1, -0.05) is 43.6 Å². The van der Waals surface area contributed by atoms with Crippen molar-refractivity contribution in [3.8, 4) is 11.5 Å². The van der Waals surface area contributed by atoms with E-state index in [9.17, 15) is 4.79 Å². The number of carbonyl (C=O) groups excluding carboxylic acids is 1. The minimum absolute atomic E-state index is 0.00436. The van der Waals surface area contributed by atoms with Crippen molar-refractivity contribution in [2.75, 3.05) is 13.2 Å². The summed E-state index contributed by atoms with van der Waals surface area (Å²) in [5.74, 6) is 1.42. The van der Waals surface area contributed by atoms with Gasteiger partial charge in [-0.25, -0.2) is 0 Å². The molecule has 2 aromatic carbocycles. The molecule has 0 unspecified atom stereocenters. The highest BCUT2D eigenvalue weighted by atomic mass is 35.5. The number of ether oxygens (including phenoxy) is 2. The summed E-state index contributed by atoms with van der Waals surface area (Å²) in [7, 11) is 0. The van der Waals surface area contributed by atoms with Crippen molar-refractivity contribution in [3.63, 3.8) is 0 Å². The van der Waals surface area contributed by atoms with Crippen molar-refractivity contribution < 1.29 is 14.3 Å². The Labute approximate surface area is 159 Å². The maximum atomic E-state index is 12.9. The van der Waals surface area contributed by atoms with E-state index in [1.54, 1.807) is 0 Å². The van der Waals surface area contributed by atoms with E-state index in [0.717, 1.165) is 22.6 Å². The summed E-state index contributed by atoms with van der Waals surface area (Å²) in [4.78, 5) is 12.9. The van der Waals surface area contributed by atoms with Crippen LogP contribution in [-0.4, -0.2) is 19.1 Å². The zero-order valence-electron chi connectivity index (χ0n) is 15.3. The van der Waals surface area contributed by atoms with Crippen LogP contribution >= 0.6 is 11.6 Å². The number of hydrogen-bond donors (Lipinski definition) is 1. The molecular formula is C21H24ClNO3. The Morgan fingerprint density at radius 3 is 2.23 bits per heavy atom. The fourth-order valence-electron chi connectivity index (χ4n) is 3.22. The van der Waals surface area contributed by atoms with Crippen molar-refractivity contribution in [1.82, 2.24) is 5.32 Å². The molecule has 2 aromatic rings. The van der Waals surface area contributed by atoms with Crippen LogP contribution in [0.4, 0.5) is 0 Å². The number of fused-ring (bicyclic) bond motifs is 1. The molecule has 1 aliphatic rings. The fourth-order valence-corrected chi connectivity index (χ4v) is 3.35. The second-order valence-corrected chi connectivity index (χ2v) is 7.34. The van der Waals surface area contributed by atoms with Crippen LogP contribution in [0.1, 0.15) is 43.9 Å². The zero-order chi connectivity index (χ0) is 18.7. The Balaban J connectivity index is 1.75. The van der Waals surface area contributed by atoms with E-state index in [0.29, 0.717) is 18.2 Å². The average molecular weight is 374 g/mol. The van der Waals surface area contributed by atoms with Crippen LogP contribution in [0.25, 0.3) is 0 Å². The quantitative estimate of drug-likeness (QED) is 0.824. The monoisotopic (exact) mass is 373 g/mol. The first-order chi connectivity index (χ1) is 12.5. The van der Waals surface area contributed by atoms with Gasteiger partial charge in [-0.3, -0.25) is 4.79 Å². The SMILES string of the molecule is CC(C)[C@@H](C(=O)N[C@H](C)c1ccc2c(c1)OCCO2)c1ccc(Cl)cc1. The summed E-state index contributed by atoms with van der Waals surface area (Å²) in [6.45, 7) is 7.18. The van der Waals surface area contributed by atoms with Gasteiger partial charge in [0.2, 0.25) is 5.91 Å². The molecule has 138 valence electrons. The molecular weight excluding hydrogens is 350 g/mol. The van der Waals surface area contributed by atoms with Gasteiger partial charge in [0.05, 0.1) is 12.0 Å². The van der Waals surface area contributed by atoms with Gasteiger partial charge in [0, 0.05) is 5.02 Å². The Hall–Kier alpha value is -2.20. The maximum Gasteiger partial charge on any atom is 0.228 e. The molecule has 2 atom stereocenters. The van der Waals surface area contributed by atoms with Gasteiger partial charge in [0.1, 0.15) is 13.2 Å². The predicted octanol–water partition coefficient (Wildman–Crippen LogP) is 4.73. The molecule has 5 heteroatoms. The highest BCUT2D eigenvalue weighted by molar-refractivity contribution is 6.30. The van der Waals surface area contributed by atoms with E-state index in [1.165, 1.54) is 0 Å². The highest BCUT2D eigenvalue weighted by Gasteiger charge is 2.26. The van der Waals surface area contributed by atoms with Crippen LogP contribution in [0.15, 0.2) is 42.5 Å².